The molecular weight excluding hydrogens is 282 g/mol. The summed E-state index contributed by atoms with van der Waals surface area (Å²) >= 11 is 1.25. The maximum absolute atomic E-state index is 13.2. The molecule has 1 aromatic heterocycles. The molecule has 0 fully saturated rings. The van der Waals surface area contributed by atoms with Crippen molar-refractivity contribution in [3.05, 3.63) is 41.7 Å². The second-order valence-corrected chi connectivity index (χ2v) is 5.14. The molecular formula is C13H14F2N4S. The van der Waals surface area contributed by atoms with Crippen LogP contribution < -0.4 is 11.3 Å². The van der Waals surface area contributed by atoms with Crippen LogP contribution in [-0.2, 0) is 6.42 Å². The van der Waals surface area contributed by atoms with Crippen LogP contribution in [0.5, 0.6) is 0 Å². The van der Waals surface area contributed by atoms with E-state index in [1.165, 1.54) is 24.2 Å². The number of anilines is 1. The zero-order valence-electron chi connectivity index (χ0n) is 10.9. The van der Waals surface area contributed by atoms with Gasteiger partial charge in [-0.3, -0.25) is 0 Å². The van der Waals surface area contributed by atoms with E-state index in [-0.39, 0.29) is 0 Å². The maximum atomic E-state index is 13.2. The van der Waals surface area contributed by atoms with Crippen molar-refractivity contribution in [1.29, 1.82) is 0 Å². The van der Waals surface area contributed by atoms with Gasteiger partial charge in [0.15, 0.2) is 11.6 Å². The highest BCUT2D eigenvalue weighted by molar-refractivity contribution is 7.99. The third-order valence-corrected chi connectivity index (χ3v) is 3.68. The number of hydrogen-bond donors (Lipinski definition) is 2. The number of nitrogens with one attached hydrogen (secondary N) is 1. The van der Waals surface area contributed by atoms with E-state index in [9.17, 15) is 8.78 Å². The van der Waals surface area contributed by atoms with Gasteiger partial charge in [-0.25, -0.2) is 24.6 Å². The van der Waals surface area contributed by atoms with Crippen molar-refractivity contribution in [3.63, 3.8) is 0 Å². The summed E-state index contributed by atoms with van der Waals surface area (Å²) in [5, 5.41) is 0.681. The van der Waals surface area contributed by atoms with Crippen molar-refractivity contribution >= 4 is 17.6 Å². The van der Waals surface area contributed by atoms with Crippen LogP contribution in [0.25, 0.3) is 0 Å². The Bertz CT molecular complexity index is 607. The quantitative estimate of drug-likeness (QED) is 0.504. The Morgan fingerprint density at radius 3 is 2.70 bits per heavy atom. The lowest BCUT2D eigenvalue weighted by atomic mass is 10.2. The fourth-order valence-corrected chi connectivity index (χ4v) is 2.68. The van der Waals surface area contributed by atoms with Crippen molar-refractivity contribution < 1.29 is 8.78 Å². The van der Waals surface area contributed by atoms with Crippen LogP contribution in [-0.4, -0.2) is 9.97 Å². The smallest absolute Gasteiger partial charge is 0.159 e. The van der Waals surface area contributed by atoms with Gasteiger partial charge in [0.25, 0.3) is 0 Å². The molecule has 1 aromatic carbocycles. The van der Waals surface area contributed by atoms with Crippen molar-refractivity contribution in [2.45, 2.75) is 29.7 Å². The van der Waals surface area contributed by atoms with E-state index in [0.717, 1.165) is 30.5 Å². The van der Waals surface area contributed by atoms with E-state index in [2.05, 4.69) is 15.4 Å². The molecule has 0 saturated carbocycles. The van der Waals surface area contributed by atoms with Crippen LogP contribution in [0.3, 0.4) is 0 Å². The van der Waals surface area contributed by atoms with Crippen molar-refractivity contribution in [1.82, 2.24) is 9.97 Å². The molecule has 2 rings (SSSR count). The molecule has 0 aliphatic carbocycles. The summed E-state index contributed by atoms with van der Waals surface area (Å²) in [6, 6.07) is 3.75. The van der Waals surface area contributed by atoms with Gasteiger partial charge in [-0.05, 0) is 24.6 Å². The van der Waals surface area contributed by atoms with E-state index in [1.54, 1.807) is 0 Å². The molecule has 0 radical (unpaired) electrons. The van der Waals surface area contributed by atoms with Gasteiger partial charge in [0.05, 0.1) is 0 Å². The maximum Gasteiger partial charge on any atom is 0.159 e. The van der Waals surface area contributed by atoms with E-state index in [4.69, 9.17) is 5.84 Å². The van der Waals surface area contributed by atoms with Crippen LogP contribution in [0, 0.1) is 11.6 Å². The summed E-state index contributed by atoms with van der Waals surface area (Å²) in [5.74, 6) is 4.23. The Morgan fingerprint density at radius 2 is 2.05 bits per heavy atom. The second-order valence-electron chi connectivity index (χ2n) is 4.08. The lowest BCUT2D eigenvalue weighted by Gasteiger charge is -2.11. The summed E-state index contributed by atoms with van der Waals surface area (Å²) in [6.07, 6.45) is 3.02. The number of aromatic nitrogens is 2. The van der Waals surface area contributed by atoms with Crippen LogP contribution in [0.1, 0.15) is 18.9 Å². The van der Waals surface area contributed by atoms with Gasteiger partial charge in [-0.15, -0.1) is 0 Å². The molecule has 7 heteroatoms. The lowest BCUT2D eigenvalue weighted by Crippen LogP contribution is -2.12. The minimum atomic E-state index is -0.877. The van der Waals surface area contributed by atoms with E-state index in [1.807, 2.05) is 6.92 Å². The molecule has 0 amide bonds. The minimum Gasteiger partial charge on any atom is -0.308 e. The number of benzene rings is 1. The number of rotatable bonds is 5. The van der Waals surface area contributed by atoms with E-state index < -0.39 is 11.6 Å². The first-order valence-electron chi connectivity index (χ1n) is 6.09. The Morgan fingerprint density at radius 1 is 1.25 bits per heavy atom. The van der Waals surface area contributed by atoms with Gasteiger partial charge in [-0.1, -0.05) is 25.1 Å². The third kappa shape index (κ3) is 3.23. The number of hydrogen-bond acceptors (Lipinski definition) is 5. The first-order valence-corrected chi connectivity index (χ1v) is 6.90. The highest BCUT2D eigenvalue weighted by atomic mass is 32.2. The average Bonchev–Trinajstić information content (AvgIpc) is 2.45. The fourth-order valence-electron chi connectivity index (χ4n) is 1.74. The average molecular weight is 296 g/mol. The number of nitrogens with two attached hydrogens (primary N) is 1. The van der Waals surface area contributed by atoms with Gasteiger partial charge in [0.1, 0.15) is 17.2 Å². The predicted molar refractivity (Wildman–Crippen MR) is 74.3 cm³/mol. The van der Waals surface area contributed by atoms with Crippen LogP contribution in [0.4, 0.5) is 14.6 Å². The highest BCUT2D eigenvalue weighted by Gasteiger charge is 2.12. The molecule has 4 nitrogen and oxygen atoms in total. The zero-order valence-corrected chi connectivity index (χ0v) is 11.7. The van der Waals surface area contributed by atoms with Gasteiger partial charge in [0.2, 0.25) is 0 Å². The molecule has 0 bridgehead atoms. The number of nitrogens with zero attached hydrogens (tertiary/aromatic N) is 2. The molecule has 0 atom stereocenters. The summed E-state index contributed by atoms with van der Waals surface area (Å²) in [7, 11) is 0. The molecule has 1 heterocycles. The zero-order chi connectivity index (χ0) is 14.5. The Labute approximate surface area is 119 Å². The van der Waals surface area contributed by atoms with Crippen LogP contribution >= 0.6 is 11.8 Å². The van der Waals surface area contributed by atoms with E-state index in [0.29, 0.717) is 15.7 Å². The Hall–Kier alpha value is -1.73. The predicted octanol–water partition coefficient (Wildman–Crippen LogP) is 3.14. The molecule has 106 valence electrons. The number of hydrazine groups is 1. The first-order chi connectivity index (χ1) is 9.65. The Balaban J connectivity index is 2.34. The largest absolute Gasteiger partial charge is 0.308 e. The lowest BCUT2D eigenvalue weighted by molar-refractivity contribution is 0.506. The SMILES string of the molecule is CCCc1c(NN)ncnc1Sc1ccc(F)c(F)c1. The molecule has 0 spiro atoms. The second kappa shape index (κ2) is 6.62. The summed E-state index contributed by atoms with van der Waals surface area (Å²) < 4.78 is 26.1. The molecule has 0 unspecified atom stereocenters. The third-order valence-electron chi connectivity index (χ3n) is 2.65. The summed E-state index contributed by atoms with van der Waals surface area (Å²) in [4.78, 5) is 8.82. The van der Waals surface area contributed by atoms with Crippen molar-refractivity contribution in [3.8, 4) is 0 Å². The standard InChI is InChI=1S/C13H14F2N4S/c1-2-3-9-12(19-16)17-7-18-13(9)20-8-4-5-10(14)11(15)6-8/h4-7H,2-3,16H2,1H3,(H,17,18,19). The number of halogens is 2. The first kappa shape index (κ1) is 14.7. The number of nitrogen functional groups attached to an aromatic ring is 1. The molecule has 0 aliphatic heterocycles. The normalized spacial score (nSPS) is 10.6. The van der Waals surface area contributed by atoms with Gasteiger partial charge in [-0.2, -0.15) is 0 Å². The Kier molecular flexibility index (Phi) is 4.86. The topological polar surface area (TPSA) is 63.8 Å². The molecule has 20 heavy (non-hydrogen) atoms. The highest BCUT2D eigenvalue weighted by Crippen LogP contribution is 2.32. The molecule has 0 saturated heterocycles. The van der Waals surface area contributed by atoms with Gasteiger partial charge in [0, 0.05) is 10.5 Å². The van der Waals surface area contributed by atoms with Crippen molar-refractivity contribution in [2.24, 2.45) is 5.84 Å². The molecule has 0 aliphatic rings. The monoisotopic (exact) mass is 296 g/mol. The van der Waals surface area contributed by atoms with Crippen LogP contribution in [0.2, 0.25) is 0 Å². The summed E-state index contributed by atoms with van der Waals surface area (Å²) in [6.45, 7) is 2.03. The fraction of sp³-hybridized carbons (Fsp3) is 0.231. The molecule has 3 N–H and O–H groups in total. The van der Waals surface area contributed by atoms with Gasteiger partial charge < -0.3 is 5.43 Å². The van der Waals surface area contributed by atoms with Crippen LogP contribution in [0.15, 0.2) is 34.4 Å². The van der Waals surface area contributed by atoms with Crippen molar-refractivity contribution in [2.75, 3.05) is 5.43 Å². The van der Waals surface area contributed by atoms with E-state index >= 15 is 0 Å². The van der Waals surface area contributed by atoms with Gasteiger partial charge >= 0.3 is 0 Å². The summed E-state index contributed by atoms with van der Waals surface area (Å²) in [5.41, 5.74) is 3.40. The minimum absolute atomic E-state index is 0.548. The molecule has 2 aromatic rings.